The smallest absolute Gasteiger partial charge is 0.260 e. The molecule has 0 aromatic heterocycles. The Kier molecular flexibility index (Phi) is 4.24. The summed E-state index contributed by atoms with van der Waals surface area (Å²) in [5.74, 6) is 0.577. The first-order valence-electron chi connectivity index (χ1n) is 5.91. The first-order chi connectivity index (χ1) is 8.56. The fourth-order valence-corrected chi connectivity index (χ4v) is 2.53. The van der Waals surface area contributed by atoms with Gasteiger partial charge >= 0.3 is 0 Å². The van der Waals surface area contributed by atoms with Crippen molar-refractivity contribution in [1.29, 1.82) is 0 Å². The molecule has 2 rings (SSSR count). The summed E-state index contributed by atoms with van der Waals surface area (Å²) in [4.78, 5) is 13.4. The first-order valence-corrected chi connectivity index (χ1v) is 6.70. The van der Waals surface area contributed by atoms with Crippen LogP contribution >= 0.6 is 15.9 Å². The number of benzene rings is 1. The van der Waals surface area contributed by atoms with Crippen LogP contribution in [0, 0.1) is 6.92 Å². The van der Waals surface area contributed by atoms with Gasteiger partial charge < -0.3 is 14.7 Å². The topological polar surface area (TPSA) is 49.8 Å². The van der Waals surface area contributed by atoms with Crippen molar-refractivity contribution < 1.29 is 14.6 Å². The monoisotopic (exact) mass is 313 g/mol. The third-order valence-corrected chi connectivity index (χ3v) is 3.57. The van der Waals surface area contributed by atoms with E-state index in [-0.39, 0.29) is 18.6 Å². The molecule has 1 aromatic rings. The molecule has 1 N–H and O–H groups in total. The van der Waals surface area contributed by atoms with Crippen LogP contribution in [-0.4, -0.2) is 41.7 Å². The molecule has 1 amide bonds. The number of β-amino-alcohol motifs (C(OH)–C–C–N with tert-alkyl or cyclic N) is 1. The lowest BCUT2D eigenvalue weighted by Crippen LogP contribution is -2.33. The minimum atomic E-state index is -0.389. The molecule has 1 heterocycles. The molecule has 0 spiro atoms. The van der Waals surface area contributed by atoms with Gasteiger partial charge in [-0.2, -0.15) is 0 Å². The minimum absolute atomic E-state index is 0.00831. The molecule has 0 unspecified atom stereocenters. The summed E-state index contributed by atoms with van der Waals surface area (Å²) in [7, 11) is 0. The van der Waals surface area contributed by atoms with E-state index in [2.05, 4.69) is 15.9 Å². The highest BCUT2D eigenvalue weighted by Gasteiger charge is 2.24. The van der Waals surface area contributed by atoms with Crippen molar-refractivity contribution >= 4 is 21.8 Å². The SMILES string of the molecule is Cc1ccc(OCC(=O)N2CC[C@H](O)C2)c(Br)c1. The number of carbonyl (C=O) groups excluding carboxylic acids is 1. The first kappa shape index (κ1) is 13.4. The lowest BCUT2D eigenvalue weighted by atomic mass is 10.2. The van der Waals surface area contributed by atoms with Crippen molar-refractivity contribution in [2.45, 2.75) is 19.4 Å². The number of hydrogen-bond donors (Lipinski definition) is 1. The number of aliphatic hydroxyl groups excluding tert-OH is 1. The molecule has 0 radical (unpaired) electrons. The van der Waals surface area contributed by atoms with E-state index >= 15 is 0 Å². The van der Waals surface area contributed by atoms with E-state index in [1.165, 1.54) is 0 Å². The Balaban J connectivity index is 1.89. The largest absolute Gasteiger partial charge is 0.483 e. The van der Waals surface area contributed by atoms with Crippen LogP contribution in [0.15, 0.2) is 22.7 Å². The van der Waals surface area contributed by atoms with Gasteiger partial charge in [0, 0.05) is 13.1 Å². The summed E-state index contributed by atoms with van der Waals surface area (Å²) in [6.45, 7) is 3.02. The molecular formula is C13H16BrNO3. The molecule has 1 fully saturated rings. The predicted molar refractivity (Wildman–Crippen MR) is 71.6 cm³/mol. The van der Waals surface area contributed by atoms with Crippen LogP contribution in [0.2, 0.25) is 0 Å². The minimum Gasteiger partial charge on any atom is -0.483 e. The van der Waals surface area contributed by atoms with Gasteiger partial charge in [-0.1, -0.05) is 6.07 Å². The quantitative estimate of drug-likeness (QED) is 0.924. The summed E-state index contributed by atoms with van der Waals surface area (Å²) in [6.07, 6.45) is 0.264. The highest BCUT2D eigenvalue weighted by atomic mass is 79.9. The highest BCUT2D eigenvalue weighted by Crippen LogP contribution is 2.25. The number of aryl methyl sites for hydroxylation is 1. The van der Waals surface area contributed by atoms with Gasteiger partial charge in [-0.15, -0.1) is 0 Å². The van der Waals surface area contributed by atoms with Crippen LogP contribution in [0.5, 0.6) is 5.75 Å². The standard InChI is InChI=1S/C13H16BrNO3/c1-9-2-3-12(11(14)6-9)18-8-13(17)15-5-4-10(16)7-15/h2-3,6,10,16H,4-5,7-8H2,1H3/t10-/m0/s1. The predicted octanol–water partition coefficient (Wildman–Crippen LogP) is 1.73. The van der Waals surface area contributed by atoms with Gasteiger partial charge in [-0.3, -0.25) is 4.79 Å². The Morgan fingerprint density at radius 3 is 3.00 bits per heavy atom. The Bertz CT molecular complexity index is 450. The Labute approximate surface area is 115 Å². The van der Waals surface area contributed by atoms with Crippen molar-refractivity contribution in [1.82, 2.24) is 4.90 Å². The lowest BCUT2D eigenvalue weighted by molar-refractivity contribution is -0.132. The molecule has 1 aromatic carbocycles. The Morgan fingerprint density at radius 1 is 1.61 bits per heavy atom. The van der Waals surface area contributed by atoms with Crippen LogP contribution in [0.3, 0.4) is 0 Å². The molecule has 1 aliphatic heterocycles. The lowest BCUT2D eigenvalue weighted by Gasteiger charge is -2.16. The molecule has 1 saturated heterocycles. The molecule has 1 aliphatic rings. The van der Waals surface area contributed by atoms with Crippen LogP contribution < -0.4 is 4.74 Å². The van der Waals surface area contributed by atoms with Crippen LogP contribution in [0.25, 0.3) is 0 Å². The zero-order chi connectivity index (χ0) is 13.1. The summed E-state index contributed by atoms with van der Waals surface area (Å²) in [6, 6.07) is 5.72. The van der Waals surface area contributed by atoms with E-state index in [0.717, 1.165) is 10.0 Å². The number of hydrogen-bond acceptors (Lipinski definition) is 3. The Hall–Kier alpha value is -1.07. The van der Waals surface area contributed by atoms with Gasteiger partial charge in [0.15, 0.2) is 6.61 Å². The van der Waals surface area contributed by atoms with Crippen LogP contribution in [-0.2, 0) is 4.79 Å². The molecule has 0 aliphatic carbocycles. The second kappa shape index (κ2) is 5.71. The molecule has 18 heavy (non-hydrogen) atoms. The van der Waals surface area contributed by atoms with E-state index in [0.29, 0.717) is 25.3 Å². The van der Waals surface area contributed by atoms with Crippen molar-refractivity contribution in [2.24, 2.45) is 0 Å². The van der Waals surface area contributed by atoms with Crippen molar-refractivity contribution in [3.05, 3.63) is 28.2 Å². The maximum absolute atomic E-state index is 11.8. The second-order valence-electron chi connectivity index (χ2n) is 4.50. The van der Waals surface area contributed by atoms with Gasteiger partial charge in [0.1, 0.15) is 5.75 Å². The average molecular weight is 314 g/mol. The highest BCUT2D eigenvalue weighted by molar-refractivity contribution is 9.10. The normalized spacial score (nSPS) is 19.1. The van der Waals surface area contributed by atoms with E-state index in [4.69, 9.17) is 4.74 Å². The molecule has 0 saturated carbocycles. The van der Waals surface area contributed by atoms with E-state index < -0.39 is 0 Å². The maximum Gasteiger partial charge on any atom is 0.260 e. The van der Waals surface area contributed by atoms with Crippen molar-refractivity contribution in [2.75, 3.05) is 19.7 Å². The summed E-state index contributed by atoms with van der Waals surface area (Å²) in [5, 5.41) is 9.37. The van der Waals surface area contributed by atoms with Crippen molar-refractivity contribution in [3.63, 3.8) is 0 Å². The summed E-state index contributed by atoms with van der Waals surface area (Å²) >= 11 is 3.40. The number of halogens is 1. The number of amides is 1. The average Bonchev–Trinajstić information content (AvgIpc) is 2.74. The van der Waals surface area contributed by atoms with Crippen LogP contribution in [0.4, 0.5) is 0 Å². The summed E-state index contributed by atoms with van der Waals surface area (Å²) < 4.78 is 6.33. The van der Waals surface area contributed by atoms with Gasteiger partial charge in [-0.25, -0.2) is 0 Å². The van der Waals surface area contributed by atoms with Crippen LogP contribution in [0.1, 0.15) is 12.0 Å². The zero-order valence-electron chi connectivity index (χ0n) is 10.2. The van der Waals surface area contributed by atoms with E-state index in [1.54, 1.807) is 4.90 Å². The molecule has 5 heteroatoms. The Morgan fingerprint density at radius 2 is 2.39 bits per heavy atom. The van der Waals surface area contributed by atoms with Crippen molar-refractivity contribution in [3.8, 4) is 5.75 Å². The molecule has 0 bridgehead atoms. The number of ether oxygens (including phenoxy) is 1. The number of carbonyl (C=O) groups is 1. The maximum atomic E-state index is 11.8. The molecule has 1 atom stereocenters. The fraction of sp³-hybridized carbons (Fsp3) is 0.462. The molecular weight excluding hydrogens is 298 g/mol. The van der Waals surface area contributed by atoms with E-state index in [1.807, 2.05) is 25.1 Å². The number of aliphatic hydroxyl groups is 1. The fourth-order valence-electron chi connectivity index (χ4n) is 1.92. The summed E-state index contributed by atoms with van der Waals surface area (Å²) in [5.41, 5.74) is 1.13. The molecule has 4 nitrogen and oxygen atoms in total. The number of likely N-dealkylation sites (tertiary alicyclic amines) is 1. The van der Waals surface area contributed by atoms with Gasteiger partial charge in [0.05, 0.1) is 10.6 Å². The third kappa shape index (κ3) is 3.23. The molecule has 98 valence electrons. The number of nitrogens with zero attached hydrogens (tertiary/aromatic N) is 1. The zero-order valence-corrected chi connectivity index (χ0v) is 11.8. The third-order valence-electron chi connectivity index (χ3n) is 2.95. The van der Waals surface area contributed by atoms with E-state index in [9.17, 15) is 9.90 Å². The van der Waals surface area contributed by atoms with Gasteiger partial charge in [0.2, 0.25) is 0 Å². The second-order valence-corrected chi connectivity index (χ2v) is 5.36. The van der Waals surface area contributed by atoms with Gasteiger partial charge in [0.25, 0.3) is 5.91 Å². The number of rotatable bonds is 3. The van der Waals surface area contributed by atoms with Gasteiger partial charge in [-0.05, 0) is 47.0 Å².